The van der Waals surface area contributed by atoms with Crippen molar-refractivity contribution in [3.05, 3.63) is 20.8 Å². The van der Waals surface area contributed by atoms with Crippen molar-refractivity contribution in [3.63, 3.8) is 0 Å². The van der Waals surface area contributed by atoms with Crippen molar-refractivity contribution >= 4 is 27.3 Å². The third-order valence-corrected chi connectivity index (χ3v) is 3.17. The number of terminal acetylenes is 1. The van der Waals surface area contributed by atoms with Gasteiger partial charge in [-0.3, -0.25) is 5.32 Å². The van der Waals surface area contributed by atoms with E-state index in [1.807, 2.05) is 11.4 Å². The van der Waals surface area contributed by atoms with Crippen LogP contribution in [0.2, 0.25) is 0 Å². The minimum atomic E-state index is -0.299. The van der Waals surface area contributed by atoms with Crippen LogP contribution in [0.1, 0.15) is 10.9 Å². The molecule has 1 N–H and O–H groups in total. The van der Waals surface area contributed by atoms with Gasteiger partial charge in [-0.2, -0.15) is 5.26 Å². The van der Waals surface area contributed by atoms with E-state index < -0.39 is 0 Å². The van der Waals surface area contributed by atoms with Crippen LogP contribution in [0.15, 0.2) is 15.9 Å². The van der Waals surface area contributed by atoms with Crippen LogP contribution in [0.4, 0.5) is 0 Å². The molecule has 66 valence electrons. The largest absolute Gasteiger partial charge is 0.287 e. The summed E-state index contributed by atoms with van der Waals surface area (Å²) in [7, 11) is 0. The molecule has 4 heteroatoms. The predicted molar refractivity (Wildman–Crippen MR) is 57.2 cm³/mol. The lowest BCUT2D eigenvalue weighted by molar-refractivity contribution is 0.701. The second-order valence-electron chi connectivity index (χ2n) is 2.31. The molecule has 2 nitrogen and oxygen atoms in total. The van der Waals surface area contributed by atoms with E-state index in [1.54, 1.807) is 0 Å². The number of hydrogen-bond donors (Lipinski definition) is 1. The van der Waals surface area contributed by atoms with Gasteiger partial charge < -0.3 is 0 Å². The monoisotopic (exact) mass is 254 g/mol. The van der Waals surface area contributed by atoms with Gasteiger partial charge in [-0.25, -0.2) is 0 Å². The highest BCUT2D eigenvalue weighted by Crippen LogP contribution is 2.24. The first kappa shape index (κ1) is 10.3. The Balaban J connectivity index is 2.69. The molecular formula is C9H7BrN2S. The van der Waals surface area contributed by atoms with Crippen LogP contribution >= 0.6 is 27.3 Å². The van der Waals surface area contributed by atoms with Gasteiger partial charge in [0.05, 0.1) is 12.6 Å². The third-order valence-electron chi connectivity index (χ3n) is 1.41. The molecule has 0 spiro atoms. The van der Waals surface area contributed by atoms with Gasteiger partial charge in [-0.1, -0.05) is 5.92 Å². The lowest BCUT2D eigenvalue weighted by Crippen LogP contribution is -2.18. The topological polar surface area (TPSA) is 35.8 Å². The average molecular weight is 255 g/mol. The zero-order valence-electron chi connectivity index (χ0n) is 6.75. The van der Waals surface area contributed by atoms with Crippen molar-refractivity contribution < 1.29 is 0 Å². The number of nitrogens with one attached hydrogen (secondary N) is 1. The third kappa shape index (κ3) is 2.86. The molecule has 13 heavy (non-hydrogen) atoms. The molecule has 1 atom stereocenters. The van der Waals surface area contributed by atoms with Gasteiger partial charge in [0, 0.05) is 14.7 Å². The summed E-state index contributed by atoms with van der Waals surface area (Å²) in [6.45, 7) is 0.410. The first-order valence-electron chi connectivity index (χ1n) is 3.58. The molecule has 0 saturated heterocycles. The van der Waals surface area contributed by atoms with E-state index in [0.29, 0.717) is 6.54 Å². The maximum atomic E-state index is 8.83. The zero-order chi connectivity index (χ0) is 9.68. The van der Waals surface area contributed by atoms with Crippen molar-refractivity contribution in [2.45, 2.75) is 6.04 Å². The van der Waals surface area contributed by atoms with E-state index in [1.165, 1.54) is 11.3 Å². The Hall–Kier alpha value is -0.810. The number of halogens is 1. The Morgan fingerprint density at radius 1 is 1.77 bits per heavy atom. The fourth-order valence-electron chi connectivity index (χ4n) is 0.850. The van der Waals surface area contributed by atoms with Crippen LogP contribution in [0.5, 0.6) is 0 Å². The fourth-order valence-corrected chi connectivity index (χ4v) is 2.31. The van der Waals surface area contributed by atoms with E-state index in [9.17, 15) is 0 Å². The molecule has 1 aromatic heterocycles. The Morgan fingerprint density at radius 2 is 2.54 bits per heavy atom. The van der Waals surface area contributed by atoms with Gasteiger partial charge in [0.25, 0.3) is 0 Å². The van der Waals surface area contributed by atoms with Crippen molar-refractivity contribution in [2.75, 3.05) is 6.54 Å². The van der Waals surface area contributed by atoms with Crippen LogP contribution in [0.25, 0.3) is 0 Å². The lowest BCUT2D eigenvalue weighted by Gasteiger charge is -2.05. The van der Waals surface area contributed by atoms with Gasteiger partial charge in [0.2, 0.25) is 0 Å². The van der Waals surface area contributed by atoms with E-state index in [0.717, 1.165) is 9.35 Å². The lowest BCUT2D eigenvalue weighted by atomic mass is 10.2. The highest BCUT2D eigenvalue weighted by atomic mass is 79.9. The maximum Gasteiger partial charge on any atom is 0.131 e. The molecule has 0 aromatic carbocycles. The van der Waals surface area contributed by atoms with Crippen molar-refractivity contribution in [1.82, 2.24) is 5.32 Å². The summed E-state index contributed by atoms with van der Waals surface area (Å²) in [5, 5.41) is 13.7. The van der Waals surface area contributed by atoms with Gasteiger partial charge in [0.1, 0.15) is 6.04 Å². The molecule has 1 heterocycles. The predicted octanol–water partition coefficient (Wildman–Crippen LogP) is 2.30. The van der Waals surface area contributed by atoms with Crippen LogP contribution in [-0.2, 0) is 0 Å². The summed E-state index contributed by atoms with van der Waals surface area (Å²) < 4.78 is 0.996. The molecule has 0 aliphatic rings. The summed E-state index contributed by atoms with van der Waals surface area (Å²) in [5.74, 6) is 2.44. The van der Waals surface area contributed by atoms with Crippen LogP contribution < -0.4 is 5.32 Å². The van der Waals surface area contributed by atoms with Gasteiger partial charge >= 0.3 is 0 Å². The number of thiophene rings is 1. The molecule has 1 rings (SSSR count). The van der Waals surface area contributed by atoms with Gasteiger partial charge in [0.15, 0.2) is 0 Å². The summed E-state index contributed by atoms with van der Waals surface area (Å²) in [6.07, 6.45) is 5.09. The first-order chi connectivity index (χ1) is 6.27. The second-order valence-corrected chi connectivity index (χ2v) is 4.17. The molecule has 0 saturated carbocycles. The minimum absolute atomic E-state index is 0.299. The van der Waals surface area contributed by atoms with Crippen LogP contribution in [-0.4, -0.2) is 6.54 Å². The molecule has 0 aliphatic carbocycles. The van der Waals surface area contributed by atoms with Crippen molar-refractivity contribution in [3.8, 4) is 18.4 Å². The van der Waals surface area contributed by atoms with Crippen LogP contribution in [0.3, 0.4) is 0 Å². The molecule has 0 fully saturated rings. The van der Waals surface area contributed by atoms with E-state index in [4.69, 9.17) is 11.7 Å². The van der Waals surface area contributed by atoms with E-state index in [2.05, 4.69) is 33.2 Å². The first-order valence-corrected chi connectivity index (χ1v) is 5.25. The smallest absolute Gasteiger partial charge is 0.131 e. The summed E-state index contributed by atoms with van der Waals surface area (Å²) in [5.41, 5.74) is 0. The Morgan fingerprint density at radius 3 is 3.00 bits per heavy atom. The van der Waals surface area contributed by atoms with Gasteiger partial charge in [-0.15, -0.1) is 17.8 Å². The quantitative estimate of drug-likeness (QED) is 0.841. The number of nitriles is 1. The molecule has 1 unspecified atom stereocenters. The number of nitrogens with zero attached hydrogens (tertiary/aromatic N) is 1. The molecule has 0 bridgehead atoms. The Labute approximate surface area is 89.7 Å². The van der Waals surface area contributed by atoms with E-state index in [-0.39, 0.29) is 6.04 Å². The van der Waals surface area contributed by atoms with Gasteiger partial charge in [-0.05, 0) is 22.0 Å². The molecule has 0 amide bonds. The molecule has 0 aliphatic heterocycles. The van der Waals surface area contributed by atoms with Crippen molar-refractivity contribution in [2.24, 2.45) is 0 Å². The highest BCUT2D eigenvalue weighted by Gasteiger charge is 2.10. The SMILES string of the molecule is C#CCNC(C#N)c1cc(Br)cs1. The Kier molecular flexibility index (Phi) is 3.98. The summed E-state index contributed by atoms with van der Waals surface area (Å²) >= 11 is 4.86. The zero-order valence-corrected chi connectivity index (χ0v) is 9.15. The molecule has 0 radical (unpaired) electrons. The summed E-state index contributed by atoms with van der Waals surface area (Å²) in [6, 6.07) is 3.77. The van der Waals surface area contributed by atoms with Crippen molar-refractivity contribution in [1.29, 1.82) is 5.26 Å². The second kappa shape index (κ2) is 5.04. The molecule has 1 aromatic rings. The van der Waals surface area contributed by atoms with Crippen LogP contribution in [0, 0.1) is 23.7 Å². The Bertz CT molecular complexity index is 358. The summed E-state index contributed by atoms with van der Waals surface area (Å²) in [4.78, 5) is 0.977. The average Bonchev–Trinajstić information content (AvgIpc) is 2.54. The molecular weight excluding hydrogens is 248 g/mol. The maximum absolute atomic E-state index is 8.83. The fraction of sp³-hybridized carbons (Fsp3) is 0.222. The normalized spacial score (nSPS) is 11.6. The number of hydrogen-bond acceptors (Lipinski definition) is 3. The van der Waals surface area contributed by atoms with E-state index >= 15 is 0 Å². The standard InChI is InChI=1S/C9H7BrN2S/c1-2-3-12-8(5-11)9-4-7(10)6-13-9/h1,4,6,8,12H,3H2. The number of rotatable bonds is 3. The minimum Gasteiger partial charge on any atom is -0.287 e. The highest BCUT2D eigenvalue weighted by molar-refractivity contribution is 9.10.